The molecular weight excluding hydrogens is 358 g/mol. The molecule has 1 aromatic carbocycles. The molecule has 1 fully saturated rings. The van der Waals surface area contributed by atoms with Crippen LogP contribution in [-0.2, 0) is 0 Å². The minimum absolute atomic E-state index is 0.128. The Kier molecular flexibility index (Phi) is 7.00. The maximum absolute atomic E-state index is 11.7. The van der Waals surface area contributed by atoms with Gasteiger partial charge in [0.25, 0.3) is 0 Å². The fourth-order valence-corrected chi connectivity index (χ4v) is 3.29. The van der Waals surface area contributed by atoms with Crippen LogP contribution in [0, 0.1) is 10.1 Å². The van der Waals surface area contributed by atoms with Gasteiger partial charge in [-0.2, -0.15) is 0 Å². The van der Waals surface area contributed by atoms with E-state index < -0.39 is 4.92 Å². The van der Waals surface area contributed by atoms with Crippen LogP contribution in [0.4, 0.5) is 23.0 Å². The van der Waals surface area contributed by atoms with Gasteiger partial charge < -0.3 is 15.4 Å². The smallest absolute Gasteiger partial charge is 0.353 e. The molecule has 0 spiro atoms. The standard InChI is InChI=1S/C20H27N5O3/c1-2-3-13-28-17-11-9-16(10-12-17)24-20-18(25(26)27)19(21-14-22-20)23-15-7-5-4-6-8-15/h9-12,14-15H,2-8,13H2,1H3,(H2,21,22,23,24). The van der Waals surface area contributed by atoms with Gasteiger partial charge in [0.1, 0.15) is 12.1 Å². The van der Waals surface area contributed by atoms with E-state index in [4.69, 9.17) is 4.74 Å². The molecule has 0 atom stereocenters. The van der Waals surface area contributed by atoms with Crippen molar-refractivity contribution in [3.63, 3.8) is 0 Å². The molecule has 0 radical (unpaired) electrons. The lowest BCUT2D eigenvalue weighted by Gasteiger charge is -2.23. The highest BCUT2D eigenvalue weighted by Gasteiger charge is 2.25. The first-order valence-electron chi connectivity index (χ1n) is 9.93. The third-order valence-corrected chi connectivity index (χ3v) is 4.83. The molecule has 0 aliphatic heterocycles. The Balaban J connectivity index is 1.73. The van der Waals surface area contributed by atoms with Crippen molar-refractivity contribution < 1.29 is 9.66 Å². The van der Waals surface area contributed by atoms with E-state index in [0.29, 0.717) is 12.3 Å². The van der Waals surface area contributed by atoms with E-state index in [1.165, 1.54) is 12.7 Å². The molecular formula is C20H27N5O3. The number of nitrogens with one attached hydrogen (secondary N) is 2. The number of ether oxygens (including phenoxy) is 1. The fraction of sp³-hybridized carbons (Fsp3) is 0.500. The molecule has 0 amide bonds. The van der Waals surface area contributed by atoms with Gasteiger partial charge in [0.05, 0.1) is 11.5 Å². The van der Waals surface area contributed by atoms with Crippen molar-refractivity contribution in [3.05, 3.63) is 40.7 Å². The molecule has 1 aliphatic carbocycles. The van der Waals surface area contributed by atoms with E-state index in [1.807, 2.05) is 24.3 Å². The van der Waals surface area contributed by atoms with E-state index in [-0.39, 0.29) is 23.4 Å². The number of nitrogens with zero attached hydrogens (tertiary/aromatic N) is 3. The Bertz CT molecular complexity index is 776. The van der Waals surface area contributed by atoms with Crippen molar-refractivity contribution in [2.24, 2.45) is 0 Å². The summed E-state index contributed by atoms with van der Waals surface area (Å²) in [5, 5.41) is 18.0. The molecule has 2 aromatic rings. The summed E-state index contributed by atoms with van der Waals surface area (Å²) in [6.07, 6.45) is 8.92. The first-order valence-corrected chi connectivity index (χ1v) is 9.93. The molecule has 1 aliphatic rings. The summed E-state index contributed by atoms with van der Waals surface area (Å²) >= 11 is 0. The van der Waals surface area contributed by atoms with Gasteiger partial charge in [0, 0.05) is 11.7 Å². The summed E-state index contributed by atoms with van der Waals surface area (Å²) in [7, 11) is 0. The van der Waals surface area contributed by atoms with Crippen LogP contribution in [0.15, 0.2) is 30.6 Å². The monoisotopic (exact) mass is 385 g/mol. The quantitative estimate of drug-likeness (QED) is 0.354. The van der Waals surface area contributed by atoms with E-state index in [9.17, 15) is 10.1 Å². The number of aromatic nitrogens is 2. The first kappa shape index (κ1) is 19.9. The second kappa shape index (κ2) is 9.87. The van der Waals surface area contributed by atoms with E-state index in [2.05, 4.69) is 27.5 Å². The Morgan fingerprint density at radius 1 is 1.14 bits per heavy atom. The highest BCUT2D eigenvalue weighted by molar-refractivity contribution is 5.74. The molecule has 3 rings (SSSR count). The molecule has 0 unspecified atom stereocenters. The summed E-state index contributed by atoms with van der Waals surface area (Å²) in [6, 6.07) is 7.54. The van der Waals surface area contributed by atoms with Gasteiger partial charge in [0.2, 0.25) is 11.6 Å². The SMILES string of the molecule is CCCCOc1ccc(Nc2ncnc(NC3CCCCC3)c2[N+](=O)[O-])cc1. The lowest BCUT2D eigenvalue weighted by atomic mass is 9.95. The Hall–Kier alpha value is -2.90. The molecule has 2 N–H and O–H groups in total. The van der Waals surface area contributed by atoms with Crippen molar-refractivity contribution in [3.8, 4) is 5.75 Å². The molecule has 28 heavy (non-hydrogen) atoms. The van der Waals surface area contributed by atoms with Crippen LogP contribution in [-0.4, -0.2) is 27.5 Å². The Morgan fingerprint density at radius 3 is 2.54 bits per heavy atom. The van der Waals surface area contributed by atoms with E-state index in [1.54, 1.807) is 0 Å². The van der Waals surface area contributed by atoms with Crippen LogP contribution in [0.1, 0.15) is 51.9 Å². The topological polar surface area (TPSA) is 102 Å². The second-order valence-corrected chi connectivity index (χ2v) is 7.01. The van der Waals surface area contributed by atoms with Crippen molar-refractivity contribution in [1.82, 2.24) is 9.97 Å². The molecule has 8 nitrogen and oxygen atoms in total. The minimum Gasteiger partial charge on any atom is -0.494 e. The minimum atomic E-state index is -0.435. The maximum atomic E-state index is 11.7. The second-order valence-electron chi connectivity index (χ2n) is 7.01. The van der Waals surface area contributed by atoms with Gasteiger partial charge in [-0.1, -0.05) is 32.6 Å². The van der Waals surface area contributed by atoms with Gasteiger partial charge in [-0.05, 0) is 43.5 Å². The van der Waals surface area contributed by atoms with Crippen LogP contribution in [0.2, 0.25) is 0 Å². The highest BCUT2D eigenvalue weighted by atomic mass is 16.6. The molecule has 0 bridgehead atoms. The predicted octanol–water partition coefficient (Wildman–Crippen LogP) is 5.05. The van der Waals surface area contributed by atoms with Crippen molar-refractivity contribution >= 4 is 23.0 Å². The number of benzene rings is 1. The largest absolute Gasteiger partial charge is 0.494 e. The number of anilines is 3. The maximum Gasteiger partial charge on any atom is 0.353 e. The molecule has 1 heterocycles. The van der Waals surface area contributed by atoms with Crippen LogP contribution in [0.3, 0.4) is 0 Å². The normalized spacial score (nSPS) is 14.5. The van der Waals surface area contributed by atoms with Gasteiger partial charge in [-0.3, -0.25) is 10.1 Å². The summed E-state index contributed by atoms with van der Waals surface area (Å²) in [6.45, 7) is 2.79. The van der Waals surface area contributed by atoms with Crippen LogP contribution < -0.4 is 15.4 Å². The van der Waals surface area contributed by atoms with Gasteiger partial charge >= 0.3 is 5.69 Å². The molecule has 150 valence electrons. The summed E-state index contributed by atoms with van der Waals surface area (Å²) in [5.74, 6) is 1.22. The van der Waals surface area contributed by atoms with Crippen molar-refractivity contribution in [1.29, 1.82) is 0 Å². The zero-order valence-electron chi connectivity index (χ0n) is 16.2. The van der Waals surface area contributed by atoms with Crippen LogP contribution in [0.5, 0.6) is 5.75 Å². The summed E-state index contributed by atoms with van der Waals surface area (Å²) in [5.41, 5.74) is 0.574. The predicted molar refractivity (Wildman–Crippen MR) is 109 cm³/mol. The molecule has 1 aromatic heterocycles. The van der Waals surface area contributed by atoms with E-state index >= 15 is 0 Å². The van der Waals surface area contributed by atoms with Crippen molar-refractivity contribution in [2.45, 2.75) is 57.9 Å². The van der Waals surface area contributed by atoms with Gasteiger partial charge in [-0.25, -0.2) is 9.97 Å². The zero-order valence-corrected chi connectivity index (χ0v) is 16.2. The number of nitro groups is 1. The lowest BCUT2D eigenvalue weighted by Crippen LogP contribution is -2.23. The zero-order chi connectivity index (χ0) is 19.8. The lowest BCUT2D eigenvalue weighted by molar-refractivity contribution is -0.383. The Morgan fingerprint density at radius 2 is 1.86 bits per heavy atom. The van der Waals surface area contributed by atoms with Gasteiger partial charge in [-0.15, -0.1) is 0 Å². The average molecular weight is 385 g/mol. The molecule has 8 heteroatoms. The third kappa shape index (κ3) is 5.31. The Labute approximate surface area is 164 Å². The first-order chi connectivity index (χ1) is 13.7. The molecule has 0 saturated heterocycles. The number of hydrogen-bond donors (Lipinski definition) is 2. The van der Waals surface area contributed by atoms with Crippen LogP contribution >= 0.6 is 0 Å². The van der Waals surface area contributed by atoms with Crippen LogP contribution in [0.25, 0.3) is 0 Å². The fourth-order valence-electron chi connectivity index (χ4n) is 3.29. The van der Waals surface area contributed by atoms with E-state index in [0.717, 1.165) is 44.3 Å². The average Bonchev–Trinajstić information content (AvgIpc) is 2.70. The van der Waals surface area contributed by atoms with Crippen molar-refractivity contribution in [2.75, 3.05) is 17.2 Å². The number of unbranched alkanes of at least 4 members (excludes halogenated alkanes) is 1. The highest BCUT2D eigenvalue weighted by Crippen LogP contribution is 2.33. The molecule has 1 saturated carbocycles. The summed E-state index contributed by atoms with van der Waals surface area (Å²) < 4.78 is 5.65. The number of rotatable bonds is 9. The number of hydrogen-bond acceptors (Lipinski definition) is 7. The third-order valence-electron chi connectivity index (χ3n) is 4.83. The van der Waals surface area contributed by atoms with Gasteiger partial charge in [0.15, 0.2) is 0 Å². The summed E-state index contributed by atoms with van der Waals surface area (Å²) in [4.78, 5) is 19.5.